The third kappa shape index (κ3) is 1.62. The zero-order chi connectivity index (χ0) is 13.4. The first-order valence-electron chi connectivity index (χ1n) is 5.43. The smallest absolute Gasteiger partial charge is 0.274 e. The minimum atomic E-state index is -0.540. The van der Waals surface area contributed by atoms with Crippen LogP contribution in [-0.4, -0.2) is 28.1 Å². The van der Waals surface area contributed by atoms with Gasteiger partial charge in [-0.3, -0.25) is 9.59 Å². The summed E-state index contributed by atoms with van der Waals surface area (Å²) in [7, 11) is 1.49. The summed E-state index contributed by atoms with van der Waals surface area (Å²) in [5.74, 6) is -0.671. The molecule has 2 rings (SSSR count). The normalized spacial score (nSPS) is 10.6. The fourth-order valence-corrected chi connectivity index (χ4v) is 1.87. The van der Waals surface area contributed by atoms with Crippen molar-refractivity contribution in [1.82, 2.24) is 9.24 Å². The summed E-state index contributed by atoms with van der Waals surface area (Å²) in [5, 5.41) is 1.18. The van der Waals surface area contributed by atoms with Crippen LogP contribution in [0.5, 0.6) is 0 Å². The maximum atomic E-state index is 12.2. The van der Waals surface area contributed by atoms with Gasteiger partial charge in [-0.05, 0) is 12.1 Å². The molecule has 0 aliphatic rings. The predicted molar refractivity (Wildman–Crippen MR) is 67.3 cm³/mol. The van der Waals surface area contributed by atoms with Crippen LogP contribution in [0.25, 0.3) is 11.0 Å². The monoisotopic (exact) mass is 247 g/mol. The lowest BCUT2D eigenvalue weighted by molar-refractivity contribution is -0.117. The summed E-state index contributed by atoms with van der Waals surface area (Å²) in [6, 6.07) is 6.84. The lowest BCUT2D eigenvalue weighted by atomic mass is 10.3. The van der Waals surface area contributed by atoms with Gasteiger partial charge in [0.1, 0.15) is 0 Å². The van der Waals surface area contributed by atoms with E-state index in [9.17, 15) is 14.4 Å². The third-order valence-electron chi connectivity index (χ3n) is 2.79. The number of fused-ring (bicyclic) bond motifs is 1. The molecule has 0 spiro atoms. The van der Waals surface area contributed by atoms with E-state index in [-0.39, 0.29) is 11.8 Å². The molecule has 0 saturated carbocycles. The zero-order valence-corrected chi connectivity index (χ0v) is 10.4. The van der Waals surface area contributed by atoms with Gasteiger partial charge in [0.05, 0.1) is 11.0 Å². The molecule has 6 nitrogen and oxygen atoms in total. The lowest BCUT2D eigenvalue weighted by Gasteiger charge is -2.15. The first-order chi connectivity index (χ1) is 8.45. The van der Waals surface area contributed by atoms with Gasteiger partial charge in [0.15, 0.2) is 0 Å². The molecule has 1 aromatic carbocycles. The quantitative estimate of drug-likeness (QED) is 0.740. The van der Waals surface area contributed by atoms with E-state index in [2.05, 4.69) is 0 Å². The van der Waals surface area contributed by atoms with Crippen molar-refractivity contribution in [3.63, 3.8) is 0 Å². The topological polar surface area (TPSA) is 64.3 Å². The number of hydrogen-bond donors (Lipinski definition) is 0. The average Bonchev–Trinajstić information content (AvgIpc) is 2.60. The summed E-state index contributed by atoms with van der Waals surface area (Å²) >= 11 is 0. The Morgan fingerprint density at radius 1 is 1.11 bits per heavy atom. The second-order valence-corrected chi connectivity index (χ2v) is 3.98. The highest BCUT2D eigenvalue weighted by Crippen LogP contribution is 2.12. The van der Waals surface area contributed by atoms with Gasteiger partial charge in [-0.1, -0.05) is 12.1 Å². The molecule has 1 heterocycles. The Morgan fingerprint density at radius 2 is 1.67 bits per heavy atom. The largest absolute Gasteiger partial charge is 0.355 e. The van der Waals surface area contributed by atoms with Crippen LogP contribution in [0, 0.1) is 0 Å². The fourth-order valence-electron chi connectivity index (χ4n) is 1.87. The maximum absolute atomic E-state index is 12.2. The molecule has 94 valence electrons. The first-order valence-corrected chi connectivity index (χ1v) is 5.43. The molecule has 0 bridgehead atoms. The Hall–Kier alpha value is -2.37. The molecule has 2 aromatic rings. The van der Waals surface area contributed by atoms with Gasteiger partial charge < -0.3 is 0 Å². The summed E-state index contributed by atoms with van der Waals surface area (Å²) in [6.07, 6.45) is 0. The Bertz CT molecular complexity index is 696. The van der Waals surface area contributed by atoms with E-state index in [0.717, 1.165) is 4.57 Å². The standard InChI is InChI=1S/C12H13N3O3/c1-8(16)13(3)15-11-7-5-4-6-10(11)14(9(2)17)12(15)18/h4-7H,1-3H3. The van der Waals surface area contributed by atoms with Crippen LogP contribution >= 0.6 is 0 Å². The van der Waals surface area contributed by atoms with Gasteiger partial charge in [-0.2, -0.15) is 4.68 Å². The minimum Gasteiger partial charge on any atom is -0.274 e. The van der Waals surface area contributed by atoms with Crippen molar-refractivity contribution in [2.75, 3.05) is 12.1 Å². The van der Waals surface area contributed by atoms with Crippen molar-refractivity contribution in [3.05, 3.63) is 34.7 Å². The van der Waals surface area contributed by atoms with Crippen molar-refractivity contribution in [2.45, 2.75) is 13.8 Å². The molecule has 0 saturated heterocycles. The molecule has 0 radical (unpaired) electrons. The SMILES string of the molecule is CC(=O)N(C)n1c(=O)n(C(C)=O)c2ccccc21. The second-order valence-electron chi connectivity index (χ2n) is 3.98. The van der Waals surface area contributed by atoms with E-state index < -0.39 is 5.69 Å². The van der Waals surface area contributed by atoms with Crippen LogP contribution in [-0.2, 0) is 4.79 Å². The number of nitrogens with zero attached hydrogens (tertiary/aromatic N) is 3. The van der Waals surface area contributed by atoms with Crippen LogP contribution < -0.4 is 10.7 Å². The number of para-hydroxylation sites is 2. The first kappa shape index (κ1) is 12.1. The van der Waals surface area contributed by atoms with Gasteiger partial charge in [0.2, 0.25) is 11.8 Å². The van der Waals surface area contributed by atoms with E-state index in [0.29, 0.717) is 11.0 Å². The number of aromatic nitrogens is 2. The number of rotatable bonds is 1. The highest BCUT2D eigenvalue weighted by molar-refractivity contribution is 5.91. The van der Waals surface area contributed by atoms with Crippen LogP contribution in [0.3, 0.4) is 0 Å². The summed E-state index contributed by atoms with van der Waals surface area (Å²) in [5.41, 5.74) is 0.472. The van der Waals surface area contributed by atoms with Crippen LogP contribution in [0.15, 0.2) is 29.1 Å². The molecule has 1 aromatic heterocycles. The maximum Gasteiger partial charge on any atom is 0.355 e. The van der Waals surface area contributed by atoms with Crippen molar-refractivity contribution >= 4 is 22.8 Å². The second kappa shape index (κ2) is 4.14. The third-order valence-corrected chi connectivity index (χ3v) is 2.79. The summed E-state index contributed by atoms with van der Waals surface area (Å²) in [4.78, 5) is 35.1. The molecule has 6 heteroatoms. The molecule has 18 heavy (non-hydrogen) atoms. The molecule has 0 N–H and O–H groups in total. The molecule has 0 fully saturated rings. The van der Waals surface area contributed by atoms with Crippen molar-refractivity contribution in [1.29, 1.82) is 0 Å². The minimum absolute atomic E-state index is 0.288. The molecular formula is C12H13N3O3. The van der Waals surface area contributed by atoms with E-state index in [1.54, 1.807) is 24.3 Å². The van der Waals surface area contributed by atoms with Gasteiger partial charge in [0.25, 0.3) is 0 Å². The molecule has 0 atom stereocenters. The van der Waals surface area contributed by atoms with Crippen LogP contribution in [0.1, 0.15) is 18.6 Å². The van der Waals surface area contributed by atoms with Crippen molar-refractivity contribution in [2.24, 2.45) is 0 Å². The Balaban J connectivity index is 2.90. The van der Waals surface area contributed by atoms with Gasteiger partial charge in [-0.25, -0.2) is 14.4 Å². The Morgan fingerprint density at radius 3 is 2.17 bits per heavy atom. The van der Waals surface area contributed by atoms with E-state index in [4.69, 9.17) is 0 Å². The number of carbonyl (C=O) groups excluding carboxylic acids is 2. The van der Waals surface area contributed by atoms with Gasteiger partial charge in [-0.15, -0.1) is 0 Å². The Kier molecular flexibility index (Phi) is 2.78. The fraction of sp³-hybridized carbons (Fsp3) is 0.250. The molecule has 1 amide bonds. The lowest BCUT2D eigenvalue weighted by Crippen LogP contribution is -2.43. The van der Waals surface area contributed by atoms with Crippen LogP contribution in [0.4, 0.5) is 0 Å². The zero-order valence-electron chi connectivity index (χ0n) is 10.4. The van der Waals surface area contributed by atoms with E-state index in [1.807, 2.05) is 0 Å². The van der Waals surface area contributed by atoms with Crippen molar-refractivity contribution in [3.8, 4) is 0 Å². The van der Waals surface area contributed by atoms with Gasteiger partial charge >= 0.3 is 5.69 Å². The number of amides is 1. The summed E-state index contributed by atoms with van der Waals surface area (Å²) in [6.45, 7) is 2.66. The van der Waals surface area contributed by atoms with E-state index >= 15 is 0 Å². The van der Waals surface area contributed by atoms with Crippen LogP contribution in [0.2, 0.25) is 0 Å². The number of benzene rings is 1. The Labute approximate surface area is 103 Å². The number of carbonyl (C=O) groups is 2. The molecule has 0 aliphatic carbocycles. The summed E-state index contributed by atoms with van der Waals surface area (Å²) < 4.78 is 2.24. The molecule has 0 unspecified atom stereocenters. The van der Waals surface area contributed by atoms with Crippen molar-refractivity contribution < 1.29 is 9.59 Å². The molecule has 0 aliphatic heterocycles. The highest BCUT2D eigenvalue weighted by Gasteiger charge is 2.19. The number of hydrogen-bond acceptors (Lipinski definition) is 3. The average molecular weight is 247 g/mol. The van der Waals surface area contributed by atoms with Gasteiger partial charge in [0, 0.05) is 20.9 Å². The molecular weight excluding hydrogens is 234 g/mol. The number of imidazole rings is 1. The van der Waals surface area contributed by atoms with E-state index in [1.165, 1.54) is 30.6 Å². The highest BCUT2D eigenvalue weighted by atomic mass is 16.2. The predicted octanol–water partition coefficient (Wildman–Crippen LogP) is 0.577.